The molecule has 0 saturated carbocycles. The van der Waals surface area contributed by atoms with Crippen LogP contribution in [0.5, 0.6) is 0 Å². The number of allylic oxidation sites excluding steroid dienone is 1. The molecule has 0 aliphatic carbocycles. The second-order valence-electron chi connectivity index (χ2n) is 4.43. The highest BCUT2D eigenvalue weighted by Gasteiger charge is 2.53. The molecule has 1 aromatic carbocycles. The van der Waals surface area contributed by atoms with E-state index >= 15 is 0 Å². The van der Waals surface area contributed by atoms with Crippen LogP contribution in [0.4, 0.5) is 8.78 Å². The summed E-state index contributed by atoms with van der Waals surface area (Å²) in [5, 5.41) is -2.45. The number of rotatable bonds is 6. The molecule has 22 heavy (non-hydrogen) atoms. The summed E-state index contributed by atoms with van der Waals surface area (Å²) in [6, 6.07) is 6.88. The van der Waals surface area contributed by atoms with Crippen LogP contribution in [0, 0.1) is 0 Å². The van der Waals surface area contributed by atoms with Crippen molar-refractivity contribution >= 4 is 29.7 Å². The van der Waals surface area contributed by atoms with Gasteiger partial charge in [0, 0.05) is 4.57 Å². The van der Waals surface area contributed by atoms with Gasteiger partial charge in [-0.15, -0.1) is 16.5 Å². The fraction of sp³-hybridized carbons (Fsp3) is 0.333. The third kappa shape index (κ3) is 4.30. The summed E-state index contributed by atoms with van der Waals surface area (Å²) in [6.07, 6.45) is -4.34. The first-order valence-corrected chi connectivity index (χ1v) is 8.89. The molecule has 0 spiro atoms. The Bertz CT molecular complexity index is 687. The summed E-state index contributed by atoms with van der Waals surface area (Å²) < 4.78 is 66.4. The molecule has 1 N–H and O–H groups in total. The van der Waals surface area contributed by atoms with Crippen molar-refractivity contribution in [1.29, 1.82) is 0 Å². The van der Waals surface area contributed by atoms with Crippen LogP contribution >= 0.6 is 19.9 Å². The van der Waals surface area contributed by atoms with Crippen LogP contribution < -0.4 is 0 Å². The van der Waals surface area contributed by atoms with Gasteiger partial charge < -0.3 is 0 Å². The van der Waals surface area contributed by atoms with Gasteiger partial charge in [0.15, 0.2) is 5.38 Å². The summed E-state index contributed by atoms with van der Waals surface area (Å²) in [6.45, 7) is 2.58. The second-order valence-corrected chi connectivity index (χ2v) is 7.45. The van der Waals surface area contributed by atoms with Gasteiger partial charge in [-0.2, -0.15) is 8.78 Å². The highest BCUT2D eigenvalue weighted by Crippen LogP contribution is 2.41. The SMILES string of the molecule is CC(C)=C(C(Cl)C(F)(F)O[P+](=O)O)S(=O)(=O)c1ccccc1. The van der Waals surface area contributed by atoms with Crippen molar-refractivity contribution in [1.82, 2.24) is 0 Å². The lowest BCUT2D eigenvalue weighted by molar-refractivity contribution is -0.170. The molecule has 0 amide bonds. The number of sulfone groups is 1. The largest absolute Gasteiger partial charge is 0.701 e. The van der Waals surface area contributed by atoms with E-state index in [0.717, 1.165) is 0 Å². The number of benzene rings is 1. The Morgan fingerprint density at radius 2 is 1.82 bits per heavy atom. The van der Waals surface area contributed by atoms with Crippen LogP contribution in [0.15, 0.2) is 45.7 Å². The Morgan fingerprint density at radius 1 is 1.32 bits per heavy atom. The average Bonchev–Trinajstić information content (AvgIpc) is 2.37. The third-order valence-corrected chi connectivity index (χ3v) is 5.68. The van der Waals surface area contributed by atoms with Gasteiger partial charge in [0.05, 0.1) is 9.80 Å². The van der Waals surface area contributed by atoms with E-state index in [9.17, 15) is 21.8 Å². The zero-order valence-corrected chi connectivity index (χ0v) is 14.0. The standard InChI is InChI=1S/C12H12ClF2O5PS/c1-8(2)10(11(13)12(14,15)20-21(16)17)22(18,19)9-6-4-3-5-7-9/h3-7,11H,1-2H3/p+1. The summed E-state index contributed by atoms with van der Waals surface area (Å²) in [5.74, 6) is 0. The highest BCUT2D eigenvalue weighted by atomic mass is 35.5. The van der Waals surface area contributed by atoms with Gasteiger partial charge >= 0.3 is 14.4 Å². The molecule has 0 heterocycles. The Balaban J connectivity index is 3.39. The Morgan fingerprint density at radius 3 is 2.23 bits per heavy atom. The third-order valence-electron chi connectivity index (χ3n) is 2.56. The molecule has 2 unspecified atom stereocenters. The van der Waals surface area contributed by atoms with Crippen molar-refractivity contribution < 1.29 is 31.2 Å². The summed E-state index contributed by atoms with van der Waals surface area (Å²) in [5.41, 5.74) is 0.0142. The number of hydrogen-bond acceptors (Lipinski definition) is 4. The number of halogens is 3. The minimum atomic E-state index is -4.34. The lowest BCUT2D eigenvalue weighted by atomic mass is 10.2. The van der Waals surface area contributed by atoms with Crippen molar-refractivity contribution in [2.75, 3.05) is 0 Å². The second kappa shape index (κ2) is 7.10. The lowest BCUT2D eigenvalue weighted by Crippen LogP contribution is -2.35. The fourth-order valence-corrected chi connectivity index (χ4v) is 4.39. The first-order valence-electron chi connectivity index (χ1n) is 5.85. The minimum Gasteiger partial charge on any atom is -0.219 e. The predicted octanol–water partition coefficient (Wildman–Crippen LogP) is 3.62. The van der Waals surface area contributed by atoms with E-state index in [2.05, 4.69) is 4.52 Å². The lowest BCUT2D eigenvalue weighted by Gasteiger charge is -2.20. The normalized spacial score (nSPS) is 14.4. The first-order chi connectivity index (χ1) is 10.00. The molecule has 0 bridgehead atoms. The molecule has 0 fully saturated rings. The number of hydrogen-bond donors (Lipinski definition) is 1. The van der Waals surface area contributed by atoms with E-state index < -0.39 is 34.5 Å². The maximum atomic E-state index is 13.7. The van der Waals surface area contributed by atoms with Gasteiger partial charge in [-0.3, -0.25) is 0 Å². The van der Waals surface area contributed by atoms with E-state index in [4.69, 9.17) is 16.5 Å². The Kier molecular flexibility index (Phi) is 6.18. The summed E-state index contributed by atoms with van der Waals surface area (Å²) >= 11 is 5.56. The van der Waals surface area contributed by atoms with Crippen LogP contribution in [0.25, 0.3) is 0 Å². The van der Waals surface area contributed by atoms with Gasteiger partial charge in [0.1, 0.15) is 0 Å². The molecule has 2 atom stereocenters. The maximum Gasteiger partial charge on any atom is 0.701 e. The van der Waals surface area contributed by atoms with Gasteiger partial charge in [-0.25, -0.2) is 8.42 Å². The zero-order chi connectivity index (χ0) is 17.1. The van der Waals surface area contributed by atoms with Crippen LogP contribution in [0.1, 0.15) is 13.8 Å². The molecule has 0 saturated heterocycles. The van der Waals surface area contributed by atoms with E-state index in [-0.39, 0.29) is 10.5 Å². The van der Waals surface area contributed by atoms with Crippen LogP contribution in [-0.4, -0.2) is 24.8 Å². The fourth-order valence-electron chi connectivity index (χ4n) is 1.69. The molecule has 0 aliphatic rings. The van der Waals surface area contributed by atoms with E-state index in [1.807, 2.05) is 0 Å². The van der Waals surface area contributed by atoms with Crippen molar-refractivity contribution in [2.45, 2.75) is 30.2 Å². The molecule has 1 aromatic rings. The van der Waals surface area contributed by atoms with E-state index in [1.54, 1.807) is 6.07 Å². The highest BCUT2D eigenvalue weighted by molar-refractivity contribution is 7.95. The van der Waals surface area contributed by atoms with Crippen molar-refractivity contribution in [3.63, 3.8) is 0 Å². The molecule has 0 radical (unpaired) electrons. The smallest absolute Gasteiger partial charge is 0.219 e. The molecule has 0 aromatic heterocycles. The molecule has 10 heteroatoms. The monoisotopic (exact) mass is 373 g/mol. The molecular formula is C12H13ClF2O5PS+. The van der Waals surface area contributed by atoms with Gasteiger partial charge in [0.25, 0.3) is 0 Å². The van der Waals surface area contributed by atoms with Crippen LogP contribution in [-0.2, 0) is 18.9 Å². The molecule has 5 nitrogen and oxygen atoms in total. The maximum absolute atomic E-state index is 13.7. The van der Waals surface area contributed by atoms with Crippen LogP contribution in [0.3, 0.4) is 0 Å². The number of alkyl halides is 3. The summed E-state index contributed by atoms with van der Waals surface area (Å²) in [7, 11) is -7.96. The van der Waals surface area contributed by atoms with Crippen LogP contribution in [0.2, 0.25) is 0 Å². The predicted molar refractivity (Wildman–Crippen MR) is 77.5 cm³/mol. The van der Waals surface area contributed by atoms with E-state index in [1.165, 1.54) is 38.1 Å². The zero-order valence-electron chi connectivity index (χ0n) is 11.5. The van der Waals surface area contributed by atoms with Crippen molar-refractivity contribution in [2.24, 2.45) is 0 Å². The van der Waals surface area contributed by atoms with Crippen molar-refractivity contribution in [3.05, 3.63) is 40.8 Å². The Hall–Kier alpha value is -0.920. The van der Waals surface area contributed by atoms with Gasteiger partial charge in [0.2, 0.25) is 9.84 Å². The van der Waals surface area contributed by atoms with Gasteiger partial charge in [-0.05, 0) is 30.5 Å². The van der Waals surface area contributed by atoms with Gasteiger partial charge in [-0.1, -0.05) is 23.8 Å². The molecule has 1 rings (SSSR count). The molecular weight excluding hydrogens is 361 g/mol. The molecule has 122 valence electrons. The first kappa shape index (κ1) is 19.1. The summed E-state index contributed by atoms with van der Waals surface area (Å²) in [4.78, 5) is 7.46. The van der Waals surface area contributed by atoms with E-state index in [0.29, 0.717) is 0 Å². The minimum absolute atomic E-state index is 0.0142. The topological polar surface area (TPSA) is 80.7 Å². The quantitative estimate of drug-likeness (QED) is 0.608. The van der Waals surface area contributed by atoms with Crippen molar-refractivity contribution in [3.8, 4) is 0 Å². The Labute approximate surface area is 132 Å². The average molecular weight is 374 g/mol. The molecule has 0 aliphatic heterocycles.